The first-order valence-electron chi connectivity index (χ1n) is 22.9. The van der Waals surface area contributed by atoms with Crippen molar-refractivity contribution in [1.29, 1.82) is 0 Å². The second-order valence-corrected chi connectivity index (χ2v) is 19.9. The van der Waals surface area contributed by atoms with E-state index in [4.69, 9.17) is 0 Å². The molecule has 0 saturated heterocycles. The fourth-order valence-electron chi connectivity index (χ4n) is 10.5. The van der Waals surface area contributed by atoms with Crippen molar-refractivity contribution < 1.29 is 4.79 Å². The molecule has 0 amide bonds. The lowest BCUT2D eigenvalue weighted by molar-refractivity contribution is 0.103. The highest BCUT2D eigenvalue weighted by Crippen LogP contribution is 2.43. The quantitative estimate of drug-likeness (QED) is 0.163. The zero-order valence-electron chi connectivity index (χ0n) is 36.1. The molecular weight excluding hydrogens is 837 g/mol. The van der Waals surface area contributed by atoms with E-state index in [2.05, 4.69) is 212 Å². The molecule has 11 aromatic rings. The molecule has 66 heavy (non-hydrogen) atoms. The van der Waals surface area contributed by atoms with Crippen LogP contribution in [0.3, 0.4) is 0 Å². The standard InChI is InChI=1S/C63H42OS2/c64-61-57-37-47(43-13-5-11-41(33-43)45-15-7-17-49(35-45)51-21-9-23-55-53-19-1-3-25-59(53)65-62(51)55)31-29-39(57)27-28-40-30-32-48(38-58(40)61)44-14-6-12-42(34-44)46-16-8-18-50(36-46)52-22-10-24-56-54-20-2-4-26-60(54)66-63(52)56/h1-13,15-26,29-38,44H,14,27-28H2. The molecule has 13 rings (SSSR count). The van der Waals surface area contributed by atoms with E-state index < -0.39 is 0 Å². The summed E-state index contributed by atoms with van der Waals surface area (Å²) >= 11 is 3.74. The normalized spacial score (nSPS) is 14.7. The van der Waals surface area contributed by atoms with Crippen molar-refractivity contribution >= 4 is 74.4 Å². The Balaban J connectivity index is 0.792. The summed E-state index contributed by atoms with van der Waals surface area (Å²) in [6.07, 6.45) is 9.55. The summed E-state index contributed by atoms with van der Waals surface area (Å²) < 4.78 is 5.29. The summed E-state index contributed by atoms with van der Waals surface area (Å²) in [6, 6.07) is 70.6. The van der Waals surface area contributed by atoms with Gasteiger partial charge in [-0.25, -0.2) is 0 Å². The monoisotopic (exact) mass is 878 g/mol. The van der Waals surface area contributed by atoms with Crippen LogP contribution in [0.15, 0.2) is 212 Å². The Kier molecular flexibility index (Phi) is 9.40. The lowest BCUT2D eigenvalue weighted by Gasteiger charge is -2.19. The molecule has 0 N–H and O–H groups in total. The third-order valence-electron chi connectivity index (χ3n) is 13.9. The van der Waals surface area contributed by atoms with Gasteiger partial charge in [0.25, 0.3) is 0 Å². The van der Waals surface area contributed by atoms with Gasteiger partial charge in [0.1, 0.15) is 0 Å². The lowest BCUT2D eigenvalue weighted by Crippen LogP contribution is -2.07. The number of hydrogen-bond donors (Lipinski definition) is 0. The first-order valence-corrected chi connectivity index (χ1v) is 24.5. The minimum absolute atomic E-state index is 0.124. The van der Waals surface area contributed by atoms with Gasteiger partial charge in [-0.3, -0.25) is 4.79 Å². The molecule has 1 unspecified atom stereocenters. The Hall–Kier alpha value is -7.43. The highest BCUT2D eigenvalue weighted by atomic mass is 32.1. The summed E-state index contributed by atoms with van der Waals surface area (Å²) in [4.78, 5) is 14.7. The van der Waals surface area contributed by atoms with Crippen LogP contribution in [-0.4, -0.2) is 5.78 Å². The first-order chi connectivity index (χ1) is 32.6. The predicted molar refractivity (Wildman–Crippen MR) is 282 cm³/mol. The Morgan fingerprint density at radius 3 is 1.52 bits per heavy atom. The van der Waals surface area contributed by atoms with Crippen LogP contribution in [0.4, 0.5) is 0 Å². The van der Waals surface area contributed by atoms with E-state index in [0.29, 0.717) is 0 Å². The first kappa shape index (κ1) is 39.0. The molecule has 0 spiro atoms. The van der Waals surface area contributed by atoms with Gasteiger partial charge in [0.2, 0.25) is 0 Å². The van der Waals surface area contributed by atoms with Gasteiger partial charge in [0.05, 0.1) is 0 Å². The van der Waals surface area contributed by atoms with Crippen LogP contribution in [0.25, 0.3) is 90.4 Å². The average molecular weight is 879 g/mol. The zero-order chi connectivity index (χ0) is 43.7. The van der Waals surface area contributed by atoms with E-state index in [9.17, 15) is 4.79 Å². The molecule has 9 aromatic carbocycles. The molecule has 1 atom stereocenters. The molecule has 0 aliphatic heterocycles. The molecule has 2 heterocycles. The maximum Gasteiger partial charge on any atom is 0.193 e. The Bertz CT molecular complexity index is 3840. The summed E-state index contributed by atoms with van der Waals surface area (Å²) in [6.45, 7) is 0. The molecule has 312 valence electrons. The van der Waals surface area contributed by atoms with Crippen molar-refractivity contribution in [1.82, 2.24) is 0 Å². The molecule has 2 aliphatic carbocycles. The molecule has 1 nitrogen and oxygen atoms in total. The van der Waals surface area contributed by atoms with E-state index in [-0.39, 0.29) is 11.7 Å². The molecular formula is C63H42OS2. The van der Waals surface area contributed by atoms with Crippen molar-refractivity contribution in [2.24, 2.45) is 0 Å². The van der Waals surface area contributed by atoms with Gasteiger partial charge in [-0.1, -0.05) is 170 Å². The molecule has 0 fully saturated rings. The minimum atomic E-state index is 0.124. The predicted octanol–water partition coefficient (Wildman–Crippen LogP) is 17.5. The molecule has 0 bridgehead atoms. The van der Waals surface area contributed by atoms with E-state index in [1.807, 2.05) is 22.7 Å². The van der Waals surface area contributed by atoms with E-state index in [1.54, 1.807) is 0 Å². The largest absolute Gasteiger partial charge is 0.289 e. The number of hydrogen-bond acceptors (Lipinski definition) is 3. The number of ketones is 1. The number of rotatable bonds is 6. The van der Waals surface area contributed by atoms with Crippen molar-refractivity contribution in [2.45, 2.75) is 25.2 Å². The van der Waals surface area contributed by atoms with Crippen LogP contribution >= 0.6 is 22.7 Å². The van der Waals surface area contributed by atoms with Gasteiger partial charge >= 0.3 is 0 Å². The summed E-state index contributed by atoms with van der Waals surface area (Å²) in [7, 11) is 0. The van der Waals surface area contributed by atoms with Gasteiger partial charge in [0.15, 0.2) is 5.78 Å². The number of thiophene rings is 2. The second kappa shape index (κ2) is 15.9. The molecule has 2 aliphatic rings. The van der Waals surface area contributed by atoms with Crippen LogP contribution in [0, 0.1) is 0 Å². The minimum Gasteiger partial charge on any atom is -0.289 e. The highest BCUT2D eigenvalue weighted by Gasteiger charge is 2.24. The maximum absolute atomic E-state index is 14.7. The number of benzene rings is 9. The van der Waals surface area contributed by atoms with Gasteiger partial charge in [0, 0.05) is 57.4 Å². The number of carbonyl (C=O) groups is 1. The van der Waals surface area contributed by atoms with Gasteiger partial charge in [-0.05, 0) is 134 Å². The van der Waals surface area contributed by atoms with Crippen molar-refractivity contribution in [3.63, 3.8) is 0 Å². The van der Waals surface area contributed by atoms with E-state index in [1.165, 1.54) is 84.9 Å². The number of carbonyl (C=O) groups excluding carboxylic acids is 1. The number of aryl methyl sites for hydroxylation is 2. The molecule has 3 heteroatoms. The van der Waals surface area contributed by atoms with Gasteiger partial charge in [-0.2, -0.15) is 0 Å². The van der Waals surface area contributed by atoms with Gasteiger partial charge in [-0.15, -0.1) is 22.7 Å². The SMILES string of the molecule is O=C1c2cc(-c3cccc(-c4cccc(-c5cccc6c5sc5ccccc56)c4)c3)ccc2CCc2ccc(C3C=C(c4cccc(-c5cccc6c5sc5ccccc56)c4)C=CC3)cc21. The van der Waals surface area contributed by atoms with Crippen molar-refractivity contribution in [3.8, 4) is 44.5 Å². The van der Waals surface area contributed by atoms with Crippen LogP contribution in [-0.2, 0) is 12.8 Å². The van der Waals surface area contributed by atoms with Crippen LogP contribution in [0.5, 0.6) is 0 Å². The van der Waals surface area contributed by atoms with Crippen LogP contribution in [0.1, 0.15) is 50.5 Å². The number of allylic oxidation sites excluding steroid dienone is 4. The molecule has 0 saturated carbocycles. The Labute approximate surface area is 392 Å². The van der Waals surface area contributed by atoms with Crippen LogP contribution < -0.4 is 0 Å². The summed E-state index contributed by atoms with van der Waals surface area (Å²) in [5.74, 6) is 0.296. The maximum atomic E-state index is 14.7. The van der Waals surface area contributed by atoms with Gasteiger partial charge < -0.3 is 0 Å². The fourth-order valence-corrected chi connectivity index (χ4v) is 13.0. The highest BCUT2D eigenvalue weighted by molar-refractivity contribution is 7.26. The van der Waals surface area contributed by atoms with Crippen molar-refractivity contribution in [2.75, 3.05) is 0 Å². The second-order valence-electron chi connectivity index (χ2n) is 17.8. The summed E-state index contributed by atoms with van der Waals surface area (Å²) in [5, 5.41) is 5.26. The summed E-state index contributed by atoms with van der Waals surface area (Å²) in [5.41, 5.74) is 17.0. The van der Waals surface area contributed by atoms with E-state index >= 15 is 0 Å². The topological polar surface area (TPSA) is 17.1 Å². The van der Waals surface area contributed by atoms with Crippen LogP contribution in [0.2, 0.25) is 0 Å². The van der Waals surface area contributed by atoms with Crippen molar-refractivity contribution in [3.05, 3.63) is 246 Å². The lowest BCUT2D eigenvalue weighted by atomic mass is 9.85. The molecule has 0 radical (unpaired) electrons. The average Bonchev–Trinajstić information content (AvgIpc) is 3.93. The fraction of sp³-hybridized carbons (Fsp3) is 0.0635. The smallest absolute Gasteiger partial charge is 0.193 e. The number of fused-ring (bicyclic) bond motifs is 8. The zero-order valence-corrected chi connectivity index (χ0v) is 37.8. The van der Waals surface area contributed by atoms with E-state index in [0.717, 1.165) is 58.2 Å². The molecule has 2 aromatic heterocycles. The Morgan fingerprint density at radius 2 is 0.879 bits per heavy atom. The Morgan fingerprint density at radius 1 is 0.394 bits per heavy atom. The third-order valence-corrected chi connectivity index (χ3v) is 16.4. The third kappa shape index (κ3) is 6.69.